The summed E-state index contributed by atoms with van der Waals surface area (Å²) < 4.78 is 0. The number of H-pyrrole nitrogens is 1. The molecule has 2 atom stereocenters. The highest BCUT2D eigenvalue weighted by atomic mass is 16.2. The summed E-state index contributed by atoms with van der Waals surface area (Å²) >= 11 is 0. The van der Waals surface area contributed by atoms with Crippen LogP contribution in [0.5, 0.6) is 0 Å². The Morgan fingerprint density at radius 3 is 2.84 bits per heavy atom. The average molecular weight is 264 g/mol. The number of hydrogen-bond acceptors (Lipinski definition) is 3. The molecule has 1 aromatic heterocycles. The molecule has 19 heavy (non-hydrogen) atoms. The van der Waals surface area contributed by atoms with Crippen LogP contribution in [0.15, 0.2) is 12.3 Å². The fraction of sp³-hybridized carbons (Fsp3) is 0.538. The van der Waals surface area contributed by atoms with E-state index in [1.165, 1.54) is 12.3 Å². The molecule has 5 N–H and O–H groups in total. The van der Waals surface area contributed by atoms with Crippen molar-refractivity contribution in [2.45, 2.75) is 25.8 Å². The molecule has 0 bridgehead atoms. The van der Waals surface area contributed by atoms with E-state index in [1.807, 2.05) is 0 Å². The molecule has 0 saturated carbocycles. The fourth-order valence-corrected chi connectivity index (χ4v) is 2.56. The van der Waals surface area contributed by atoms with Crippen LogP contribution in [0.2, 0.25) is 0 Å². The Hall–Kier alpha value is -1.82. The number of aromatic amines is 1. The van der Waals surface area contributed by atoms with Crippen LogP contribution in [0.3, 0.4) is 0 Å². The van der Waals surface area contributed by atoms with Crippen LogP contribution in [0.4, 0.5) is 0 Å². The van der Waals surface area contributed by atoms with Gasteiger partial charge in [0.2, 0.25) is 5.91 Å². The van der Waals surface area contributed by atoms with Gasteiger partial charge in [-0.25, -0.2) is 0 Å². The molecule has 1 fully saturated rings. The number of likely N-dealkylation sites (tertiary alicyclic amines) is 1. The minimum absolute atomic E-state index is 0.0663. The van der Waals surface area contributed by atoms with E-state index in [-0.39, 0.29) is 11.9 Å². The Morgan fingerprint density at radius 1 is 1.53 bits per heavy atom. The SMILES string of the molecule is CC1CCN(C(=O)c2cc(C(N)=O)c[nH]2)C(CN)C1. The number of nitrogens with two attached hydrogens (primary N) is 2. The Labute approximate surface area is 112 Å². The summed E-state index contributed by atoms with van der Waals surface area (Å²) in [4.78, 5) is 28.0. The van der Waals surface area contributed by atoms with E-state index >= 15 is 0 Å². The van der Waals surface area contributed by atoms with Crippen molar-refractivity contribution in [1.29, 1.82) is 0 Å². The van der Waals surface area contributed by atoms with Crippen molar-refractivity contribution in [3.05, 3.63) is 23.5 Å². The molecule has 1 aliphatic rings. The molecule has 104 valence electrons. The summed E-state index contributed by atoms with van der Waals surface area (Å²) in [6, 6.07) is 1.56. The molecule has 2 amide bonds. The van der Waals surface area contributed by atoms with Gasteiger partial charge in [-0.3, -0.25) is 9.59 Å². The lowest BCUT2D eigenvalue weighted by molar-refractivity contribution is 0.0568. The third-order valence-electron chi connectivity index (χ3n) is 3.71. The second-order valence-corrected chi connectivity index (χ2v) is 5.18. The maximum Gasteiger partial charge on any atom is 0.270 e. The number of hydrogen-bond donors (Lipinski definition) is 3. The number of piperidine rings is 1. The summed E-state index contributed by atoms with van der Waals surface area (Å²) in [5.41, 5.74) is 11.6. The van der Waals surface area contributed by atoms with Gasteiger partial charge in [0.05, 0.1) is 5.56 Å². The van der Waals surface area contributed by atoms with Crippen LogP contribution in [0, 0.1) is 5.92 Å². The van der Waals surface area contributed by atoms with E-state index < -0.39 is 5.91 Å². The maximum absolute atomic E-state index is 12.4. The summed E-state index contributed by atoms with van der Waals surface area (Å²) in [5.74, 6) is -0.0739. The zero-order valence-corrected chi connectivity index (χ0v) is 11.1. The largest absolute Gasteiger partial charge is 0.366 e. The van der Waals surface area contributed by atoms with Crippen LogP contribution in [0.25, 0.3) is 0 Å². The van der Waals surface area contributed by atoms with E-state index in [4.69, 9.17) is 11.5 Å². The topological polar surface area (TPSA) is 105 Å². The predicted octanol–water partition coefficient (Wildman–Crippen LogP) is 0.313. The lowest BCUT2D eigenvalue weighted by Gasteiger charge is -2.37. The van der Waals surface area contributed by atoms with E-state index in [0.717, 1.165) is 12.8 Å². The number of nitrogens with one attached hydrogen (secondary N) is 1. The van der Waals surface area contributed by atoms with Gasteiger partial charge in [0, 0.05) is 25.3 Å². The molecule has 1 saturated heterocycles. The molecule has 0 aliphatic carbocycles. The quantitative estimate of drug-likeness (QED) is 0.731. The number of carbonyl (C=O) groups is 2. The Morgan fingerprint density at radius 2 is 2.26 bits per heavy atom. The van der Waals surface area contributed by atoms with E-state index in [0.29, 0.717) is 30.3 Å². The smallest absolute Gasteiger partial charge is 0.270 e. The van der Waals surface area contributed by atoms with Crippen molar-refractivity contribution < 1.29 is 9.59 Å². The number of rotatable bonds is 3. The fourth-order valence-electron chi connectivity index (χ4n) is 2.56. The number of aromatic nitrogens is 1. The normalized spacial score (nSPS) is 23.4. The molecule has 6 heteroatoms. The third-order valence-corrected chi connectivity index (χ3v) is 3.71. The first-order valence-corrected chi connectivity index (χ1v) is 6.52. The van der Waals surface area contributed by atoms with Gasteiger partial charge in [-0.2, -0.15) is 0 Å². The van der Waals surface area contributed by atoms with E-state index in [1.54, 1.807) is 4.90 Å². The molecule has 0 spiro atoms. The molecule has 1 aliphatic heterocycles. The first-order valence-electron chi connectivity index (χ1n) is 6.52. The minimum atomic E-state index is -0.544. The van der Waals surface area contributed by atoms with Crippen molar-refractivity contribution in [2.75, 3.05) is 13.1 Å². The van der Waals surface area contributed by atoms with Crippen LogP contribution < -0.4 is 11.5 Å². The molecule has 1 aromatic rings. The highest BCUT2D eigenvalue weighted by molar-refractivity contribution is 5.98. The van der Waals surface area contributed by atoms with Crippen molar-refractivity contribution in [2.24, 2.45) is 17.4 Å². The molecule has 2 rings (SSSR count). The zero-order chi connectivity index (χ0) is 14.0. The summed E-state index contributed by atoms with van der Waals surface area (Å²) in [6.45, 7) is 3.33. The van der Waals surface area contributed by atoms with Gasteiger partial charge in [0.25, 0.3) is 5.91 Å². The van der Waals surface area contributed by atoms with Gasteiger partial charge in [0.15, 0.2) is 0 Å². The molecule has 0 aromatic carbocycles. The second-order valence-electron chi connectivity index (χ2n) is 5.18. The van der Waals surface area contributed by atoms with Crippen molar-refractivity contribution in [3.63, 3.8) is 0 Å². The molecule has 6 nitrogen and oxygen atoms in total. The highest BCUT2D eigenvalue weighted by Gasteiger charge is 2.30. The minimum Gasteiger partial charge on any atom is -0.366 e. The monoisotopic (exact) mass is 264 g/mol. The van der Waals surface area contributed by atoms with Crippen LogP contribution >= 0.6 is 0 Å². The predicted molar refractivity (Wildman–Crippen MR) is 71.6 cm³/mol. The summed E-state index contributed by atoms with van der Waals surface area (Å²) in [5, 5.41) is 0. The molecule has 0 radical (unpaired) electrons. The number of nitrogens with zero attached hydrogens (tertiary/aromatic N) is 1. The average Bonchev–Trinajstić information content (AvgIpc) is 2.87. The van der Waals surface area contributed by atoms with Crippen molar-refractivity contribution >= 4 is 11.8 Å². The Kier molecular flexibility index (Phi) is 3.90. The number of primary amides is 1. The summed E-state index contributed by atoms with van der Waals surface area (Å²) in [7, 11) is 0. The van der Waals surface area contributed by atoms with Crippen LogP contribution in [-0.2, 0) is 0 Å². The standard InChI is InChI=1S/C13H20N4O2/c1-8-2-3-17(10(4-8)6-14)13(19)11-5-9(7-16-11)12(15)18/h5,7-8,10,16H,2-4,6,14H2,1H3,(H2,15,18). The van der Waals surface area contributed by atoms with Crippen molar-refractivity contribution in [3.8, 4) is 0 Å². The van der Waals surface area contributed by atoms with Crippen molar-refractivity contribution in [1.82, 2.24) is 9.88 Å². The Bertz CT molecular complexity index is 483. The first kappa shape index (κ1) is 13.6. The molecule has 2 unspecified atom stereocenters. The van der Waals surface area contributed by atoms with Gasteiger partial charge in [-0.15, -0.1) is 0 Å². The van der Waals surface area contributed by atoms with Gasteiger partial charge in [0.1, 0.15) is 5.69 Å². The highest BCUT2D eigenvalue weighted by Crippen LogP contribution is 2.23. The van der Waals surface area contributed by atoms with Crippen LogP contribution in [-0.4, -0.2) is 40.8 Å². The van der Waals surface area contributed by atoms with Gasteiger partial charge < -0.3 is 21.4 Å². The molecule has 2 heterocycles. The number of carbonyl (C=O) groups excluding carboxylic acids is 2. The molecular formula is C13H20N4O2. The van der Waals surface area contributed by atoms with Gasteiger partial charge >= 0.3 is 0 Å². The lowest BCUT2D eigenvalue weighted by atomic mass is 9.92. The zero-order valence-electron chi connectivity index (χ0n) is 11.1. The van der Waals surface area contributed by atoms with E-state index in [2.05, 4.69) is 11.9 Å². The first-order chi connectivity index (χ1) is 9.02. The second kappa shape index (κ2) is 5.44. The summed E-state index contributed by atoms with van der Waals surface area (Å²) in [6.07, 6.45) is 3.36. The maximum atomic E-state index is 12.4. The van der Waals surface area contributed by atoms with Crippen LogP contribution in [0.1, 0.15) is 40.6 Å². The van der Waals surface area contributed by atoms with Gasteiger partial charge in [-0.1, -0.05) is 6.92 Å². The van der Waals surface area contributed by atoms with E-state index in [9.17, 15) is 9.59 Å². The van der Waals surface area contributed by atoms with Gasteiger partial charge in [-0.05, 0) is 24.8 Å². The molecular weight excluding hydrogens is 244 g/mol. The number of amides is 2. The Balaban J connectivity index is 2.15. The third kappa shape index (κ3) is 2.78. The lowest BCUT2D eigenvalue weighted by Crippen LogP contribution is -2.49.